The highest BCUT2D eigenvalue weighted by atomic mass is 16.1. The van der Waals surface area contributed by atoms with Crippen molar-refractivity contribution in [2.45, 2.75) is 27.2 Å². The number of nitrogens with one attached hydrogen (secondary N) is 2. The zero-order valence-electron chi connectivity index (χ0n) is 7.64. The van der Waals surface area contributed by atoms with Gasteiger partial charge in [0.05, 0.1) is 0 Å². The SMILES string of the molecule is CC.CC/C(=N/NC)NC=O. The van der Waals surface area contributed by atoms with Crippen molar-refractivity contribution in [3.63, 3.8) is 0 Å². The number of carbonyl (C=O) groups excluding carboxylic acids is 1. The van der Waals surface area contributed by atoms with Crippen LogP contribution in [0.15, 0.2) is 5.10 Å². The van der Waals surface area contributed by atoms with Gasteiger partial charge in [-0.1, -0.05) is 20.8 Å². The van der Waals surface area contributed by atoms with Crippen LogP contribution in [0.25, 0.3) is 0 Å². The molecule has 4 nitrogen and oxygen atoms in total. The zero-order chi connectivity index (χ0) is 9.11. The predicted octanol–water partition coefficient (Wildman–Crippen LogP) is 0.701. The lowest BCUT2D eigenvalue weighted by molar-refractivity contribution is -0.108. The number of hydrogen-bond acceptors (Lipinski definition) is 3. The Labute approximate surface area is 68.1 Å². The molecule has 0 bridgehead atoms. The van der Waals surface area contributed by atoms with Crippen LogP contribution in [0.5, 0.6) is 0 Å². The van der Waals surface area contributed by atoms with Crippen molar-refractivity contribution in [2.24, 2.45) is 5.10 Å². The van der Waals surface area contributed by atoms with E-state index in [0.717, 1.165) is 6.42 Å². The molecule has 0 spiro atoms. The first-order chi connectivity index (χ1) is 5.35. The van der Waals surface area contributed by atoms with Gasteiger partial charge >= 0.3 is 0 Å². The van der Waals surface area contributed by atoms with Gasteiger partial charge in [0.15, 0.2) is 0 Å². The van der Waals surface area contributed by atoms with E-state index in [1.54, 1.807) is 7.05 Å². The largest absolute Gasteiger partial charge is 0.315 e. The first-order valence-corrected chi connectivity index (χ1v) is 3.78. The van der Waals surface area contributed by atoms with E-state index in [0.29, 0.717) is 12.2 Å². The number of hydrogen-bond donors (Lipinski definition) is 2. The first kappa shape index (κ1) is 12.6. The third-order valence-electron chi connectivity index (χ3n) is 0.807. The van der Waals surface area contributed by atoms with Crippen molar-refractivity contribution in [3.8, 4) is 0 Å². The molecule has 1 amide bonds. The van der Waals surface area contributed by atoms with Crippen LogP contribution < -0.4 is 10.7 Å². The van der Waals surface area contributed by atoms with Crippen LogP contribution in [-0.4, -0.2) is 19.3 Å². The maximum absolute atomic E-state index is 9.83. The molecule has 66 valence electrons. The van der Waals surface area contributed by atoms with Crippen LogP contribution in [0.3, 0.4) is 0 Å². The van der Waals surface area contributed by atoms with Gasteiger partial charge in [0, 0.05) is 13.5 Å². The molecule has 0 aromatic carbocycles. The molecule has 0 aliphatic carbocycles. The molecule has 0 unspecified atom stereocenters. The lowest BCUT2D eigenvalue weighted by atomic mass is 10.4. The molecule has 0 atom stereocenters. The van der Waals surface area contributed by atoms with Crippen LogP contribution in [-0.2, 0) is 4.79 Å². The summed E-state index contributed by atoms with van der Waals surface area (Å²) in [6.45, 7) is 5.91. The van der Waals surface area contributed by atoms with Crippen LogP contribution in [0.1, 0.15) is 27.2 Å². The van der Waals surface area contributed by atoms with Gasteiger partial charge in [0.1, 0.15) is 5.84 Å². The maximum atomic E-state index is 9.83. The quantitative estimate of drug-likeness (QED) is 0.276. The van der Waals surface area contributed by atoms with Gasteiger partial charge in [-0.3, -0.25) is 4.79 Å². The molecule has 0 aromatic heterocycles. The number of carbonyl (C=O) groups is 1. The lowest BCUT2D eigenvalue weighted by Crippen LogP contribution is -2.22. The molecule has 0 saturated carbocycles. The van der Waals surface area contributed by atoms with E-state index in [9.17, 15) is 4.79 Å². The fourth-order valence-corrected chi connectivity index (χ4v) is 0.416. The van der Waals surface area contributed by atoms with Gasteiger partial charge in [0.2, 0.25) is 6.41 Å². The topological polar surface area (TPSA) is 53.5 Å². The highest BCUT2D eigenvalue weighted by Gasteiger charge is 1.88. The molecule has 0 fully saturated rings. The molecule has 0 radical (unpaired) electrons. The van der Waals surface area contributed by atoms with Gasteiger partial charge in [0.25, 0.3) is 0 Å². The molecule has 0 heterocycles. The molecule has 0 aliphatic heterocycles. The number of rotatable bonds is 3. The Morgan fingerprint density at radius 1 is 1.55 bits per heavy atom. The molecule has 11 heavy (non-hydrogen) atoms. The summed E-state index contributed by atoms with van der Waals surface area (Å²) >= 11 is 0. The van der Waals surface area contributed by atoms with Crippen LogP contribution in [0.4, 0.5) is 0 Å². The van der Waals surface area contributed by atoms with Gasteiger partial charge in [-0.2, -0.15) is 5.10 Å². The van der Waals surface area contributed by atoms with E-state index in [1.165, 1.54) is 0 Å². The van der Waals surface area contributed by atoms with Crippen molar-refractivity contribution in [2.75, 3.05) is 7.05 Å². The third kappa shape index (κ3) is 8.94. The molecular weight excluding hydrogens is 142 g/mol. The highest BCUT2D eigenvalue weighted by molar-refractivity contribution is 5.89. The Balaban J connectivity index is 0. The van der Waals surface area contributed by atoms with Crippen molar-refractivity contribution in [3.05, 3.63) is 0 Å². The summed E-state index contributed by atoms with van der Waals surface area (Å²) in [4.78, 5) is 9.83. The molecule has 0 saturated heterocycles. The van der Waals surface area contributed by atoms with Gasteiger partial charge in [-0.15, -0.1) is 0 Å². The van der Waals surface area contributed by atoms with Crippen LogP contribution >= 0.6 is 0 Å². The summed E-state index contributed by atoms with van der Waals surface area (Å²) in [6, 6.07) is 0. The van der Waals surface area contributed by atoms with Crippen molar-refractivity contribution >= 4 is 12.2 Å². The number of hydrazone groups is 1. The predicted molar refractivity (Wildman–Crippen MR) is 47.3 cm³/mol. The Kier molecular flexibility index (Phi) is 13.4. The van der Waals surface area contributed by atoms with Gasteiger partial charge in [-0.25, -0.2) is 0 Å². The smallest absolute Gasteiger partial charge is 0.212 e. The Bertz CT molecular complexity index is 112. The highest BCUT2D eigenvalue weighted by Crippen LogP contribution is 1.75. The van der Waals surface area contributed by atoms with E-state index in [-0.39, 0.29) is 0 Å². The lowest BCUT2D eigenvalue weighted by Gasteiger charge is -1.97. The molecule has 2 N–H and O–H groups in total. The minimum Gasteiger partial charge on any atom is -0.315 e. The van der Waals surface area contributed by atoms with Gasteiger partial charge in [-0.05, 0) is 0 Å². The monoisotopic (exact) mass is 159 g/mol. The summed E-state index contributed by atoms with van der Waals surface area (Å²) < 4.78 is 0. The minimum absolute atomic E-state index is 0.611. The summed E-state index contributed by atoms with van der Waals surface area (Å²) in [7, 11) is 1.68. The summed E-state index contributed by atoms with van der Waals surface area (Å²) in [6.07, 6.45) is 1.33. The maximum Gasteiger partial charge on any atom is 0.212 e. The molecule has 0 aromatic rings. The van der Waals surface area contributed by atoms with Crippen molar-refractivity contribution in [1.82, 2.24) is 10.7 Å². The van der Waals surface area contributed by atoms with E-state index in [2.05, 4.69) is 15.8 Å². The second-order valence-corrected chi connectivity index (χ2v) is 1.40. The Hall–Kier alpha value is -1.06. The Morgan fingerprint density at radius 2 is 2.09 bits per heavy atom. The molecule has 0 aliphatic rings. The molecule has 4 heteroatoms. The van der Waals surface area contributed by atoms with E-state index < -0.39 is 0 Å². The second-order valence-electron chi connectivity index (χ2n) is 1.40. The Morgan fingerprint density at radius 3 is 2.36 bits per heavy atom. The van der Waals surface area contributed by atoms with E-state index in [1.807, 2.05) is 20.8 Å². The van der Waals surface area contributed by atoms with Crippen LogP contribution in [0, 0.1) is 0 Å². The molecule has 0 rings (SSSR count). The van der Waals surface area contributed by atoms with Crippen molar-refractivity contribution < 1.29 is 4.79 Å². The van der Waals surface area contributed by atoms with Gasteiger partial charge < -0.3 is 10.7 Å². The zero-order valence-corrected chi connectivity index (χ0v) is 7.64. The number of amides is 1. The number of amidine groups is 1. The average molecular weight is 159 g/mol. The standard InChI is InChI=1S/C5H11N3O.C2H6/c1-3-5(7-4-9)8-6-2;1-2/h4,6H,3H2,1-2H3,(H,7,8,9);1-2H3. The second kappa shape index (κ2) is 11.7. The fraction of sp³-hybridized carbons (Fsp3) is 0.714. The fourth-order valence-electron chi connectivity index (χ4n) is 0.416. The van der Waals surface area contributed by atoms with E-state index >= 15 is 0 Å². The third-order valence-corrected chi connectivity index (χ3v) is 0.807. The van der Waals surface area contributed by atoms with E-state index in [4.69, 9.17) is 0 Å². The normalized spacial score (nSPS) is 9.27. The first-order valence-electron chi connectivity index (χ1n) is 3.78. The summed E-state index contributed by atoms with van der Waals surface area (Å²) in [5.74, 6) is 0.646. The summed E-state index contributed by atoms with van der Waals surface area (Å²) in [5, 5.41) is 6.20. The summed E-state index contributed by atoms with van der Waals surface area (Å²) in [5.41, 5.74) is 2.57. The molecular formula is C7H17N3O. The number of nitrogens with zero attached hydrogens (tertiary/aromatic N) is 1. The van der Waals surface area contributed by atoms with Crippen molar-refractivity contribution in [1.29, 1.82) is 0 Å². The average Bonchev–Trinajstić information content (AvgIpc) is 2.08. The van der Waals surface area contributed by atoms with Crippen LogP contribution in [0.2, 0.25) is 0 Å². The minimum atomic E-state index is 0.611.